The van der Waals surface area contributed by atoms with Gasteiger partial charge in [0.2, 0.25) is 0 Å². The van der Waals surface area contributed by atoms with Crippen LogP contribution in [0.3, 0.4) is 0 Å². The van der Waals surface area contributed by atoms with Gasteiger partial charge < -0.3 is 21.1 Å². The Balaban J connectivity index is 1.73. The Morgan fingerprint density at radius 2 is 1.90 bits per heavy atom. The molecular weight excluding hydrogens is 553 g/mol. The molecule has 214 valence electrons. The van der Waals surface area contributed by atoms with Crippen LogP contribution in [0.15, 0.2) is 35.2 Å². The normalized spacial score (nSPS) is 16.3. The molecule has 2 amide bonds. The number of benzene rings is 2. The van der Waals surface area contributed by atoms with Gasteiger partial charge in [0.05, 0.1) is 11.1 Å². The van der Waals surface area contributed by atoms with E-state index in [2.05, 4.69) is 10.6 Å². The van der Waals surface area contributed by atoms with Crippen molar-refractivity contribution in [1.82, 2.24) is 15.5 Å². The lowest BCUT2D eigenvalue weighted by Crippen LogP contribution is -2.40. The maximum atomic E-state index is 14.1. The molecule has 2 aromatic carbocycles. The van der Waals surface area contributed by atoms with Crippen molar-refractivity contribution < 1.29 is 27.5 Å². The third kappa shape index (κ3) is 8.94. The number of carbonyl (C=O) groups excluding carboxylic acids is 2. The Hall–Kier alpha value is -2.63. The first-order valence-corrected chi connectivity index (χ1v) is 13.9. The second-order valence-corrected chi connectivity index (χ2v) is 12.1. The monoisotopic (exact) mass is 586 g/mol. The molecule has 0 aromatic heterocycles. The van der Waals surface area contributed by atoms with E-state index in [0.717, 1.165) is 22.3 Å². The van der Waals surface area contributed by atoms with Crippen LogP contribution in [0.25, 0.3) is 0 Å². The number of likely N-dealkylation sites (tertiary alicyclic amines) is 1. The topological polar surface area (TPSA) is 96.7 Å². The van der Waals surface area contributed by atoms with Gasteiger partial charge in [0, 0.05) is 47.8 Å². The van der Waals surface area contributed by atoms with Crippen LogP contribution < -0.4 is 16.4 Å². The molecule has 39 heavy (non-hydrogen) atoms. The van der Waals surface area contributed by atoms with Crippen molar-refractivity contribution in [2.75, 3.05) is 24.6 Å². The van der Waals surface area contributed by atoms with Gasteiger partial charge in [-0.3, -0.25) is 9.69 Å². The summed E-state index contributed by atoms with van der Waals surface area (Å²) < 4.78 is 47.4. The van der Waals surface area contributed by atoms with Crippen LogP contribution in [0.5, 0.6) is 0 Å². The molecule has 2 aromatic rings. The summed E-state index contributed by atoms with van der Waals surface area (Å²) in [4.78, 5) is 27.7. The molecule has 1 heterocycles. The first kappa shape index (κ1) is 30.9. The number of nitrogens with two attached hydrogens (primary N) is 1. The molecule has 1 saturated heterocycles. The number of hydrogen-bond acceptors (Lipinski definition) is 6. The highest BCUT2D eigenvalue weighted by atomic mass is 35.5. The van der Waals surface area contributed by atoms with Crippen molar-refractivity contribution in [3.63, 3.8) is 0 Å². The fourth-order valence-electron chi connectivity index (χ4n) is 4.32. The second kappa shape index (κ2) is 12.7. The van der Waals surface area contributed by atoms with Crippen LogP contribution >= 0.6 is 23.4 Å². The lowest BCUT2D eigenvalue weighted by Gasteiger charge is -2.23. The number of nitrogens with zero attached hydrogens (tertiary/aromatic N) is 1. The summed E-state index contributed by atoms with van der Waals surface area (Å²) in [5, 5.41) is 5.93. The number of ether oxygens (including phenoxy) is 1. The average Bonchev–Trinajstić information content (AvgIpc) is 3.23. The van der Waals surface area contributed by atoms with Gasteiger partial charge in [-0.05, 0) is 74.4 Å². The minimum Gasteiger partial charge on any atom is -0.444 e. The second-order valence-electron chi connectivity index (χ2n) is 10.3. The molecule has 0 bridgehead atoms. The molecule has 0 spiro atoms. The van der Waals surface area contributed by atoms with E-state index in [1.54, 1.807) is 49.6 Å². The van der Waals surface area contributed by atoms with Crippen LogP contribution in [-0.4, -0.2) is 47.4 Å². The highest BCUT2D eigenvalue weighted by Gasteiger charge is 2.36. The van der Waals surface area contributed by atoms with Crippen molar-refractivity contribution in [2.24, 2.45) is 0 Å². The molecule has 1 atom stereocenters. The van der Waals surface area contributed by atoms with Crippen LogP contribution in [0.4, 0.5) is 23.7 Å². The number of alkyl carbamates (subject to hydrolysis) is 1. The number of rotatable bonds is 8. The zero-order chi connectivity index (χ0) is 29.0. The van der Waals surface area contributed by atoms with Gasteiger partial charge in [0.25, 0.3) is 5.91 Å². The predicted molar refractivity (Wildman–Crippen MR) is 148 cm³/mol. The number of hydrogen-bond donors (Lipinski definition) is 3. The molecule has 12 heteroatoms. The van der Waals surface area contributed by atoms with Crippen molar-refractivity contribution >= 4 is 41.1 Å². The molecule has 0 unspecified atom stereocenters. The number of anilines is 1. The zero-order valence-corrected chi connectivity index (χ0v) is 23.9. The molecule has 0 saturated carbocycles. The van der Waals surface area contributed by atoms with Crippen molar-refractivity contribution in [1.29, 1.82) is 0 Å². The number of nitrogens with one attached hydrogen (secondary N) is 2. The van der Waals surface area contributed by atoms with Gasteiger partial charge >= 0.3 is 12.3 Å². The summed E-state index contributed by atoms with van der Waals surface area (Å²) >= 11 is 7.67. The maximum absolute atomic E-state index is 14.1. The SMILES string of the molecule is CCSc1ccc(Cl)cc1CNC(=O)c1cc(C(F)(F)F)c(CN2CC[C@@H](NC(=O)OC(C)(C)C)C2)cc1N. The highest BCUT2D eigenvalue weighted by Crippen LogP contribution is 2.36. The summed E-state index contributed by atoms with van der Waals surface area (Å²) in [5.41, 5.74) is 4.94. The number of nitrogen functional groups attached to an aromatic ring is 1. The van der Waals surface area contributed by atoms with E-state index in [9.17, 15) is 22.8 Å². The minimum atomic E-state index is -4.69. The lowest BCUT2D eigenvalue weighted by molar-refractivity contribution is -0.138. The van der Waals surface area contributed by atoms with E-state index in [1.165, 1.54) is 6.07 Å². The summed E-state index contributed by atoms with van der Waals surface area (Å²) in [6, 6.07) is 7.08. The largest absolute Gasteiger partial charge is 0.444 e. The lowest BCUT2D eigenvalue weighted by atomic mass is 10.00. The predicted octanol–water partition coefficient (Wildman–Crippen LogP) is 6.08. The third-order valence-corrected chi connectivity index (χ3v) is 7.21. The van der Waals surface area contributed by atoms with Gasteiger partial charge in [-0.1, -0.05) is 18.5 Å². The van der Waals surface area contributed by atoms with E-state index in [1.807, 2.05) is 13.0 Å². The molecule has 0 aliphatic carbocycles. The number of carbonyl (C=O) groups is 2. The van der Waals surface area contributed by atoms with E-state index in [0.29, 0.717) is 24.5 Å². The van der Waals surface area contributed by atoms with Gasteiger partial charge in [-0.2, -0.15) is 13.2 Å². The number of thioether (sulfide) groups is 1. The van der Waals surface area contributed by atoms with E-state index in [-0.39, 0.29) is 35.9 Å². The summed E-state index contributed by atoms with van der Waals surface area (Å²) in [6.07, 6.45) is -4.69. The molecular formula is C27H34ClF3N4O3S. The zero-order valence-electron chi connectivity index (χ0n) is 22.4. The molecule has 3 rings (SSSR count). The minimum absolute atomic E-state index is 0.0342. The molecule has 7 nitrogen and oxygen atoms in total. The Morgan fingerprint density at radius 3 is 2.54 bits per heavy atom. The highest BCUT2D eigenvalue weighted by molar-refractivity contribution is 7.99. The van der Waals surface area contributed by atoms with Crippen molar-refractivity contribution in [3.8, 4) is 0 Å². The fourth-order valence-corrected chi connectivity index (χ4v) is 5.30. The molecule has 4 N–H and O–H groups in total. The Morgan fingerprint density at radius 1 is 1.18 bits per heavy atom. The number of alkyl halides is 3. The summed E-state index contributed by atoms with van der Waals surface area (Å²) in [5.74, 6) is 0.0978. The molecule has 1 fully saturated rings. The van der Waals surface area contributed by atoms with Gasteiger partial charge in [-0.25, -0.2) is 4.79 Å². The van der Waals surface area contributed by atoms with Crippen LogP contribution in [0, 0.1) is 0 Å². The first-order chi connectivity index (χ1) is 18.2. The van der Waals surface area contributed by atoms with Gasteiger partial charge in [0.1, 0.15) is 5.60 Å². The van der Waals surface area contributed by atoms with E-state index >= 15 is 0 Å². The van der Waals surface area contributed by atoms with Crippen LogP contribution in [0.2, 0.25) is 5.02 Å². The molecule has 0 radical (unpaired) electrons. The average molecular weight is 587 g/mol. The Bertz CT molecular complexity index is 1200. The first-order valence-electron chi connectivity index (χ1n) is 12.6. The van der Waals surface area contributed by atoms with E-state index in [4.69, 9.17) is 22.1 Å². The van der Waals surface area contributed by atoms with Gasteiger partial charge in [-0.15, -0.1) is 11.8 Å². The van der Waals surface area contributed by atoms with Crippen molar-refractivity contribution in [3.05, 3.63) is 57.6 Å². The molecule has 1 aliphatic rings. The maximum Gasteiger partial charge on any atom is 0.416 e. The van der Waals surface area contributed by atoms with Crippen LogP contribution in [-0.2, 0) is 24.0 Å². The summed E-state index contributed by atoms with van der Waals surface area (Å²) in [7, 11) is 0. The molecule has 1 aliphatic heterocycles. The van der Waals surface area contributed by atoms with Gasteiger partial charge in [0.15, 0.2) is 0 Å². The Kier molecular flexibility index (Phi) is 10.1. The van der Waals surface area contributed by atoms with Crippen LogP contribution in [0.1, 0.15) is 61.2 Å². The smallest absolute Gasteiger partial charge is 0.416 e. The van der Waals surface area contributed by atoms with Crippen molar-refractivity contribution in [2.45, 2.75) is 69.9 Å². The van der Waals surface area contributed by atoms with E-state index < -0.39 is 29.3 Å². The summed E-state index contributed by atoms with van der Waals surface area (Å²) in [6.45, 7) is 8.13. The quantitative estimate of drug-likeness (QED) is 0.256. The fraction of sp³-hybridized carbons (Fsp3) is 0.481. The Labute approximate surface area is 236 Å². The standard InChI is InChI=1S/C27H34ClF3N4O3S/c1-5-39-23-7-6-18(28)10-16(23)13-33-24(36)20-12-21(27(29,30)31)17(11-22(20)32)14-35-9-8-19(15-35)34-25(37)38-26(2,3)4/h6-7,10-12,19H,5,8-9,13-15,32H2,1-4H3,(H,33,36)(H,34,37)/t19-/m1/s1. The number of amides is 2. The number of halogens is 4. The third-order valence-electron chi connectivity index (χ3n) is 5.97.